The van der Waals surface area contributed by atoms with Gasteiger partial charge < -0.3 is 25.0 Å². The molecule has 2 amide bonds. The highest BCUT2D eigenvalue weighted by atomic mass is 19.1. The molecule has 0 aliphatic carbocycles. The molecule has 0 saturated heterocycles. The van der Waals surface area contributed by atoms with Crippen LogP contribution in [0.1, 0.15) is 44.6 Å². The van der Waals surface area contributed by atoms with Crippen LogP contribution in [0.25, 0.3) is 0 Å². The molecule has 0 radical (unpaired) electrons. The number of anilines is 1. The van der Waals surface area contributed by atoms with Gasteiger partial charge in [0.1, 0.15) is 5.82 Å². The molecule has 9 nitrogen and oxygen atoms in total. The van der Waals surface area contributed by atoms with Crippen molar-refractivity contribution in [1.82, 2.24) is 9.88 Å². The van der Waals surface area contributed by atoms with Crippen molar-refractivity contribution in [2.45, 2.75) is 39.8 Å². The normalized spacial score (nSPS) is 12.6. The molecule has 1 aromatic heterocycles. The molecule has 2 atom stereocenters. The number of benzene rings is 1. The number of nitrogens with one attached hydrogen (secondary N) is 2. The number of carbonyl (C=O) groups is 4. The number of Topliss-reactive ketones (excluding diaryl/α,β-unsaturated/α-hetero) is 1. The first-order valence-corrected chi connectivity index (χ1v) is 9.75. The molecule has 0 unspecified atom stereocenters. The van der Waals surface area contributed by atoms with Crippen molar-refractivity contribution in [2.75, 3.05) is 12.4 Å². The van der Waals surface area contributed by atoms with E-state index in [1.54, 1.807) is 13.8 Å². The van der Waals surface area contributed by atoms with Gasteiger partial charge in [-0.1, -0.05) is 0 Å². The molecule has 32 heavy (non-hydrogen) atoms. The van der Waals surface area contributed by atoms with Crippen LogP contribution in [0.15, 0.2) is 18.2 Å². The fourth-order valence-electron chi connectivity index (χ4n) is 3.37. The van der Waals surface area contributed by atoms with Crippen LogP contribution in [0.3, 0.4) is 0 Å². The Morgan fingerprint density at radius 2 is 1.78 bits per heavy atom. The summed E-state index contributed by atoms with van der Waals surface area (Å²) in [6.45, 7) is 5.96. The predicted octanol–water partition coefficient (Wildman–Crippen LogP) is 1.56. The molecule has 1 aromatic carbocycles. The summed E-state index contributed by atoms with van der Waals surface area (Å²) in [6, 6.07) is 2.69. The van der Waals surface area contributed by atoms with Crippen LogP contribution < -0.4 is 10.6 Å². The van der Waals surface area contributed by atoms with Gasteiger partial charge >= 0.3 is 5.97 Å². The van der Waals surface area contributed by atoms with E-state index in [2.05, 4.69) is 15.4 Å². The van der Waals surface area contributed by atoms with E-state index in [9.17, 15) is 28.7 Å². The van der Waals surface area contributed by atoms with Gasteiger partial charge in [0.2, 0.25) is 0 Å². The van der Waals surface area contributed by atoms with Crippen molar-refractivity contribution in [1.29, 1.82) is 0 Å². The van der Waals surface area contributed by atoms with Crippen LogP contribution in [0, 0.1) is 26.6 Å². The van der Waals surface area contributed by atoms with Gasteiger partial charge in [-0.2, -0.15) is 0 Å². The molecule has 0 bridgehead atoms. The van der Waals surface area contributed by atoms with E-state index in [1.807, 2.05) is 0 Å². The number of halogens is 1. The Bertz CT molecular complexity index is 1090. The SMILES string of the molecule is COC(=O)[C@@H](NC(=O)C(=O)c1c(C)c(C(=O)Nc2ccc(F)c(C)c2)c(C)n1C)[C@H](C)O. The number of aliphatic hydroxyl groups is 1. The van der Waals surface area contributed by atoms with Crippen LogP contribution in [-0.4, -0.2) is 52.5 Å². The minimum Gasteiger partial charge on any atom is -0.467 e. The fraction of sp³-hybridized carbons (Fsp3) is 0.364. The van der Waals surface area contributed by atoms with Gasteiger partial charge in [-0.15, -0.1) is 0 Å². The number of hydrogen-bond acceptors (Lipinski definition) is 6. The zero-order chi connectivity index (χ0) is 24.3. The smallest absolute Gasteiger partial charge is 0.331 e. The Morgan fingerprint density at radius 3 is 2.31 bits per heavy atom. The molecule has 0 aliphatic rings. The predicted molar refractivity (Wildman–Crippen MR) is 114 cm³/mol. The van der Waals surface area contributed by atoms with Gasteiger partial charge in [-0.25, -0.2) is 9.18 Å². The fourth-order valence-corrected chi connectivity index (χ4v) is 3.37. The van der Waals surface area contributed by atoms with E-state index < -0.39 is 41.5 Å². The molecule has 10 heteroatoms. The number of rotatable bonds is 7. The number of nitrogens with zero attached hydrogens (tertiary/aromatic N) is 1. The summed E-state index contributed by atoms with van der Waals surface area (Å²) in [5.41, 5.74) is 1.55. The molecule has 0 saturated carbocycles. The molecule has 0 fully saturated rings. The number of amides is 2. The lowest BCUT2D eigenvalue weighted by Crippen LogP contribution is -2.50. The molecular formula is C22H26FN3O6. The zero-order valence-corrected chi connectivity index (χ0v) is 18.7. The molecular weight excluding hydrogens is 421 g/mol. The lowest BCUT2D eigenvalue weighted by molar-refractivity contribution is -0.147. The summed E-state index contributed by atoms with van der Waals surface area (Å²) in [7, 11) is 2.61. The van der Waals surface area contributed by atoms with Gasteiger partial charge in [-0.3, -0.25) is 14.4 Å². The van der Waals surface area contributed by atoms with Crippen LogP contribution in [0.2, 0.25) is 0 Å². The Morgan fingerprint density at radius 1 is 1.16 bits per heavy atom. The number of esters is 1. The number of methoxy groups -OCH3 is 1. The van der Waals surface area contributed by atoms with E-state index >= 15 is 0 Å². The van der Waals surface area contributed by atoms with Gasteiger partial charge in [0.25, 0.3) is 17.6 Å². The number of carbonyl (C=O) groups excluding carboxylic acids is 4. The monoisotopic (exact) mass is 447 g/mol. The third-order valence-electron chi connectivity index (χ3n) is 5.22. The van der Waals surface area contributed by atoms with Crippen molar-refractivity contribution in [3.63, 3.8) is 0 Å². The van der Waals surface area contributed by atoms with Crippen LogP contribution in [-0.2, 0) is 21.4 Å². The Labute approximate surface area is 184 Å². The molecule has 172 valence electrons. The molecule has 2 rings (SSSR count). The third-order valence-corrected chi connectivity index (χ3v) is 5.22. The second-order valence-corrected chi connectivity index (χ2v) is 7.46. The maximum atomic E-state index is 13.5. The highest BCUT2D eigenvalue weighted by Crippen LogP contribution is 2.24. The highest BCUT2D eigenvalue weighted by molar-refractivity contribution is 6.43. The van der Waals surface area contributed by atoms with E-state index in [0.717, 1.165) is 7.11 Å². The van der Waals surface area contributed by atoms with Crippen LogP contribution >= 0.6 is 0 Å². The third kappa shape index (κ3) is 4.86. The van der Waals surface area contributed by atoms with Crippen molar-refractivity contribution in [3.05, 3.63) is 52.1 Å². The average Bonchev–Trinajstić information content (AvgIpc) is 2.95. The lowest BCUT2D eigenvalue weighted by Gasteiger charge is -2.18. The lowest BCUT2D eigenvalue weighted by atomic mass is 10.1. The quantitative estimate of drug-likeness (QED) is 0.336. The summed E-state index contributed by atoms with van der Waals surface area (Å²) in [5.74, 6) is -3.96. The number of ketones is 1. The van der Waals surface area contributed by atoms with Crippen molar-refractivity contribution >= 4 is 29.3 Å². The number of aliphatic hydroxyl groups excluding tert-OH is 1. The van der Waals surface area contributed by atoms with Gasteiger partial charge in [0.15, 0.2) is 6.04 Å². The Hall–Kier alpha value is -3.53. The van der Waals surface area contributed by atoms with E-state index in [1.165, 1.54) is 43.7 Å². The summed E-state index contributed by atoms with van der Waals surface area (Å²) >= 11 is 0. The second kappa shape index (κ2) is 9.73. The number of aromatic nitrogens is 1. The van der Waals surface area contributed by atoms with Gasteiger partial charge in [0.05, 0.1) is 24.5 Å². The minimum absolute atomic E-state index is 0.0466. The maximum absolute atomic E-state index is 13.5. The van der Waals surface area contributed by atoms with E-state index in [-0.39, 0.29) is 16.8 Å². The molecule has 3 N–H and O–H groups in total. The first-order valence-electron chi connectivity index (χ1n) is 9.75. The van der Waals surface area contributed by atoms with Crippen molar-refractivity contribution in [3.8, 4) is 0 Å². The first-order chi connectivity index (χ1) is 14.9. The standard InChI is InChI=1S/C22H26FN3O6/c1-10-9-14(7-8-15(10)23)24-20(29)16-11(2)18(26(5)12(16)3)19(28)21(30)25-17(13(4)27)22(31)32-6/h7-9,13,17,27H,1-6H3,(H,24,29)(H,25,30)/t13-,17-/m0/s1. The summed E-state index contributed by atoms with van der Waals surface area (Å²) in [5, 5.41) is 14.5. The van der Waals surface area contributed by atoms with Gasteiger partial charge in [0, 0.05) is 18.4 Å². The van der Waals surface area contributed by atoms with Gasteiger partial charge in [-0.05, 0) is 57.0 Å². The summed E-state index contributed by atoms with van der Waals surface area (Å²) in [6.07, 6.45) is -1.30. The topological polar surface area (TPSA) is 127 Å². The highest BCUT2D eigenvalue weighted by Gasteiger charge is 2.33. The van der Waals surface area contributed by atoms with E-state index in [4.69, 9.17) is 0 Å². The molecule has 1 heterocycles. The summed E-state index contributed by atoms with van der Waals surface area (Å²) in [4.78, 5) is 50.0. The maximum Gasteiger partial charge on any atom is 0.331 e. The number of hydrogen-bond donors (Lipinski definition) is 3. The van der Waals surface area contributed by atoms with Crippen LogP contribution in [0.4, 0.5) is 10.1 Å². The Kier molecular flexibility index (Phi) is 7.52. The van der Waals surface area contributed by atoms with Crippen molar-refractivity contribution in [2.24, 2.45) is 7.05 Å². The zero-order valence-electron chi connectivity index (χ0n) is 18.7. The average molecular weight is 447 g/mol. The summed E-state index contributed by atoms with van der Waals surface area (Å²) < 4.78 is 19.4. The van der Waals surface area contributed by atoms with Crippen molar-refractivity contribution < 1.29 is 33.4 Å². The molecule has 2 aromatic rings. The first kappa shape index (κ1) is 24.7. The largest absolute Gasteiger partial charge is 0.467 e. The minimum atomic E-state index is -1.43. The number of ether oxygens (including phenoxy) is 1. The second-order valence-electron chi connectivity index (χ2n) is 7.46. The molecule has 0 spiro atoms. The Balaban J connectivity index is 2.34. The van der Waals surface area contributed by atoms with Crippen LogP contribution in [0.5, 0.6) is 0 Å². The van der Waals surface area contributed by atoms with E-state index in [0.29, 0.717) is 16.9 Å². The number of aryl methyl sites for hydroxylation is 1. The molecule has 0 aliphatic heterocycles.